The van der Waals surface area contributed by atoms with Crippen molar-refractivity contribution in [3.8, 4) is 11.8 Å². The zero-order valence-electron chi connectivity index (χ0n) is 16.2. The highest BCUT2D eigenvalue weighted by Crippen LogP contribution is 2.38. The number of hydrogen-bond acceptors (Lipinski definition) is 7. The first-order valence-electron chi connectivity index (χ1n) is 9.44. The number of carbonyl (C=O) groups is 1. The van der Waals surface area contributed by atoms with Crippen molar-refractivity contribution in [1.29, 1.82) is 0 Å². The normalized spacial score (nSPS) is 18.9. The molecule has 8 nitrogen and oxygen atoms in total. The second-order valence-corrected chi connectivity index (χ2v) is 7.15. The van der Waals surface area contributed by atoms with E-state index in [9.17, 15) is 18.0 Å². The Bertz CT molecular complexity index is 940. The Labute approximate surface area is 170 Å². The van der Waals surface area contributed by atoms with Crippen molar-refractivity contribution < 1.29 is 27.4 Å². The Kier molecular flexibility index (Phi) is 5.35. The van der Waals surface area contributed by atoms with E-state index in [2.05, 4.69) is 15.0 Å². The van der Waals surface area contributed by atoms with Crippen molar-refractivity contribution in [3.63, 3.8) is 0 Å². The average Bonchev–Trinajstić information content (AvgIpc) is 3.20. The van der Waals surface area contributed by atoms with E-state index in [-0.39, 0.29) is 6.10 Å². The number of nitrogens with zero attached hydrogens (tertiary/aromatic N) is 5. The summed E-state index contributed by atoms with van der Waals surface area (Å²) >= 11 is 0. The van der Waals surface area contributed by atoms with Crippen LogP contribution in [-0.4, -0.2) is 59.1 Å². The van der Waals surface area contributed by atoms with Crippen LogP contribution in [0.15, 0.2) is 18.6 Å². The minimum atomic E-state index is -4.58. The highest BCUT2D eigenvalue weighted by molar-refractivity contribution is 5.53. The number of amides is 1. The summed E-state index contributed by atoms with van der Waals surface area (Å²) in [6.07, 6.45) is 0.0478. The number of alkyl halides is 3. The van der Waals surface area contributed by atoms with E-state index in [1.807, 2.05) is 0 Å². The van der Waals surface area contributed by atoms with Crippen LogP contribution in [0.3, 0.4) is 0 Å². The lowest BCUT2D eigenvalue weighted by molar-refractivity contribution is -0.139. The highest BCUT2D eigenvalue weighted by Gasteiger charge is 2.36. The molecule has 30 heavy (non-hydrogen) atoms. The smallest absolute Gasteiger partial charge is 0.421 e. The van der Waals surface area contributed by atoms with Gasteiger partial charge in [0.25, 0.3) is 0 Å². The number of likely N-dealkylation sites (tertiary alicyclic amines) is 1. The molecule has 1 fully saturated rings. The van der Waals surface area contributed by atoms with E-state index in [0.29, 0.717) is 50.6 Å². The van der Waals surface area contributed by atoms with Gasteiger partial charge in [-0.1, -0.05) is 0 Å². The van der Waals surface area contributed by atoms with Gasteiger partial charge in [0.15, 0.2) is 0 Å². The quantitative estimate of drug-likeness (QED) is 0.681. The number of carbonyl (C=O) groups excluding carboxylic acids is 1. The van der Waals surface area contributed by atoms with E-state index in [1.165, 1.54) is 12.5 Å². The molecule has 2 aliphatic heterocycles. The maximum atomic E-state index is 13.4. The lowest BCUT2D eigenvalue weighted by Crippen LogP contribution is -2.33. The van der Waals surface area contributed by atoms with E-state index in [0.717, 1.165) is 30.8 Å². The zero-order chi connectivity index (χ0) is 21.3. The van der Waals surface area contributed by atoms with Crippen molar-refractivity contribution in [2.75, 3.05) is 31.6 Å². The van der Waals surface area contributed by atoms with E-state index in [1.54, 1.807) is 9.80 Å². The summed E-state index contributed by atoms with van der Waals surface area (Å²) in [6, 6.07) is 1.04. The Morgan fingerprint density at radius 2 is 2.03 bits per heavy atom. The van der Waals surface area contributed by atoms with E-state index >= 15 is 0 Å². The van der Waals surface area contributed by atoms with Crippen LogP contribution in [0, 0.1) is 0 Å². The number of fused-ring (bicyclic) bond motifs is 1. The van der Waals surface area contributed by atoms with Gasteiger partial charge >= 0.3 is 6.18 Å². The number of ether oxygens (including phenoxy) is 2. The predicted molar refractivity (Wildman–Crippen MR) is 99.2 cm³/mol. The molecule has 11 heteroatoms. The molecule has 4 rings (SSSR count). The first kappa shape index (κ1) is 20.2. The second kappa shape index (κ2) is 7.96. The van der Waals surface area contributed by atoms with Gasteiger partial charge in [0.1, 0.15) is 18.0 Å². The fourth-order valence-electron chi connectivity index (χ4n) is 3.72. The molecule has 0 aromatic carbocycles. The summed E-state index contributed by atoms with van der Waals surface area (Å²) in [5.74, 6) is -0.0584. The summed E-state index contributed by atoms with van der Waals surface area (Å²) in [5.41, 5.74) is 0.947. The lowest BCUT2D eigenvalue weighted by atomic mass is 10.1. The van der Waals surface area contributed by atoms with Crippen LogP contribution in [0.1, 0.15) is 23.2 Å². The molecule has 0 aliphatic carbocycles. The lowest BCUT2D eigenvalue weighted by Gasteiger charge is -2.31. The highest BCUT2D eigenvalue weighted by atomic mass is 19.4. The largest absolute Gasteiger partial charge is 0.481 e. The molecule has 0 spiro atoms. The van der Waals surface area contributed by atoms with E-state index < -0.39 is 17.6 Å². The Morgan fingerprint density at radius 3 is 2.73 bits per heavy atom. The van der Waals surface area contributed by atoms with Gasteiger partial charge in [0.05, 0.1) is 43.3 Å². The summed E-state index contributed by atoms with van der Waals surface area (Å²) in [6.45, 7) is 1.87. The summed E-state index contributed by atoms with van der Waals surface area (Å²) in [5, 5.41) is 0. The number of pyridine rings is 1. The van der Waals surface area contributed by atoms with Crippen molar-refractivity contribution in [2.24, 2.45) is 0 Å². The summed E-state index contributed by atoms with van der Waals surface area (Å²) in [4.78, 5) is 26.7. The van der Waals surface area contributed by atoms with Crippen LogP contribution in [0.25, 0.3) is 0 Å². The molecule has 4 heterocycles. The van der Waals surface area contributed by atoms with Gasteiger partial charge in [-0.2, -0.15) is 13.2 Å². The molecule has 2 aliphatic rings. The molecule has 0 N–H and O–H groups in total. The number of methoxy groups -OCH3 is 1. The molecule has 1 atom stereocenters. The zero-order valence-corrected chi connectivity index (χ0v) is 16.2. The Morgan fingerprint density at radius 1 is 1.20 bits per heavy atom. The van der Waals surface area contributed by atoms with Gasteiger partial charge in [-0.3, -0.25) is 4.79 Å². The molecular weight excluding hydrogens is 403 g/mol. The summed E-state index contributed by atoms with van der Waals surface area (Å²) in [7, 11) is 1.16. The van der Waals surface area contributed by atoms with Crippen molar-refractivity contribution >= 4 is 12.1 Å². The van der Waals surface area contributed by atoms with Crippen molar-refractivity contribution in [1.82, 2.24) is 19.9 Å². The third kappa shape index (κ3) is 3.96. The van der Waals surface area contributed by atoms with Gasteiger partial charge in [0.2, 0.25) is 18.2 Å². The molecule has 1 amide bonds. The number of rotatable bonds is 5. The molecule has 1 unspecified atom stereocenters. The number of hydrogen-bond donors (Lipinski definition) is 0. The summed E-state index contributed by atoms with van der Waals surface area (Å²) < 4.78 is 50.9. The molecular formula is C19H20F3N5O3. The molecule has 160 valence electrons. The molecule has 0 bridgehead atoms. The SMILES string of the molecule is COc1ncc(N2CCc3ncnc(OC4CCN(C=O)C4)c3C2)cc1C(F)(F)F. The predicted octanol–water partition coefficient (Wildman–Crippen LogP) is 2.07. The number of anilines is 1. The Balaban J connectivity index is 1.58. The Hall–Kier alpha value is -3.11. The van der Waals surface area contributed by atoms with Crippen LogP contribution in [0.4, 0.5) is 18.9 Å². The molecule has 1 saturated heterocycles. The monoisotopic (exact) mass is 423 g/mol. The van der Waals surface area contributed by atoms with Crippen LogP contribution in [0.5, 0.6) is 11.8 Å². The number of halogens is 3. The van der Waals surface area contributed by atoms with Gasteiger partial charge in [0, 0.05) is 25.9 Å². The number of aromatic nitrogens is 3. The third-order valence-electron chi connectivity index (χ3n) is 5.27. The third-order valence-corrected chi connectivity index (χ3v) is 5.27. The van der Waals surface area contributed by atoms with Gasteiger partial charge < -0.3 is 19.3 Å². The second-order valence-electron chi connectivity index (χ2n) is 7.15. The van der Waals surface area contributed by atoms with Gasteiger partial charge in [-0.05, 0) is 6.07 Å². The van der Waals surface area contributed by atoms with Gasteiger partial charge in [-0.15, -0.1) is 0 Å². The minimum absolute atomic E-state index is 0.177. The average molecular weight is 423 g/mol. The van der Waals surface area contributed by atoms with E-state index in [4.69, 9.17) is 9.47 Å². The maximum absolute atomic E-state index is 13.4. The van der Waals surface area contributed by atoms with Crippen molar-refractivity contribution in [3.05, 3.63) is 35.4 Å². The van der Waals surface area contributed by atoms with Crippen molar-refractivity contribution in [2.45, 2.75) is 31.7 Å². The molecule has 2 aromatic rings. The standard InChI is InChI=1S/C19H20F3N5O3/c1-29-18-15(19(20,21)22)6-12(7-23-18)27-5-3-16-14(9-27)17(25-10-24-16)30-13-2-4-26(8-13)11-28/h6-7,10-11,13H,2-5,8-9H2,1H3. The van der Waals surface area contributed by atoms with Crippen LogP contribution >= 0.6 is 0 Å². The van der Waals surface area contributed by atoms with Gasteiger partial charge in [-0.25, -0.2) is 15.0 Å². The molecule has 0 saturated carbocycles. The fourth-order valence-corrected chi connectivity index (χ4v) is 3.72. The molecule has 2 aromatic heterocycles. The van der Waals surface area contributed by atoms with Crippen LogP contribution in [0.2, 0.25) is 0 Å². The topological polar surface area (TPSA) is 80.7 Å². The minimum Gasteiger partial charge on any atom is -0.481 e. The van der Waals surface area contributed by atoms with Crippen LogP contribution in [-0.2, 0) is 23.9 Å². The first-order chi connectivity index (χ1) is 14.4. The molecule has 0 radical (unpaired) electrons. The maximum Gasteiger partial charge on any atom is 0.421 e. The first-order valence-corrected chi connectivity index (χ1v) is 9.44. The fraction of sp³-hybridized carbons (Fsp3) is 0.474. The van der Waals surface area contributed by atoms with Crippen LogP contribution < -0.4 is 14.4 Å².